The molecule has 2 aliphatic rings. The second-order valence-corrected chi connectivity index (χ2v) is 9.17. The number of aliphatic carboxylic acids is 1. The minimum absolute atomic E-state index is 0.0999. The summed E-state index contributed by atoms with van der Waals surface area (Å²) in [6.07, 6.45) is 1.88. The van der Waals surface area contributed by atoms with E-state index < -0.39 is 23.2 Å². The zero-order valence-corrected chi connectivity index (χ0v) is 17.7. The number of nitrogens with zero attached hydrogens (tertiary/aromatic N) is 1. The molecule has 3 rings (SSSR count). The molecule has 1 aliphatic carbocycles. The zero-order chi connectivity index (χ0) is 21.3. The molecule has 1 aliphatic heterocycles. The van der Waals surface area contributed by atoms with E-state index in [9.17, 15) is 19.5 Å². The number of anilines is 1. The van der Waals surface area contributed by atoms with Crippen molar-refractivity contribution < 1.29 is 24.3 Å². The Morgan fingerprint density at radius 2 is 2.03 bits per heavy atom. The van der Waals surface area contributed by atoms with E-state index in [1.54, 1.807) is 18.2 Å². The highest BCUT2D eigenvalue weighted by Gasteiger charge is 2.40. The smallest absolute Gasteiger partial charge is 0.307 e. The first kappa shape index (κ1) is 21.6. The Labute approximate surface area is 175 Å². The molecule has 0 spiro atoms. The minimum atomic E-state index is -0.927. The van der Waals surface area contributed by atoms with Gasteiger partial charge in [-0.15, -0.1) is 0 Å². The predicted molar refractivity (Wildman–Crippen MR) is 108 cm³/mol. The molecule has 8 heteroatoms. The third-order valence-electron chi connectivity index (χ3n) is 5.79. The van der Waals surface area contributed by atoms with Crippen molar-refractivity contribution in [2.24, 2.45) is 23.2 Å². The number of carbonyl (C=O) groups is 3. The number of nitrogens with one attached hydrogen (secondary N) is 1. The van der Waals surface area contributed by atoms with Crippen molar-refractivity contribution in [1.29, 1.82) is 0 Å². The summed E-state index contributed by atoms with van der Waals surface area (Å²) in [5, 5.41) is 13.9. The van der Waals surface area contributed by atoms with Crippen molar-refractivity contribution in [1.82, 2.24) is 5.06 Å². The lowest BCUT2D eigenvalue weighted by Gasteiger charge is -2.31. The van der Waals surface area contributed by atoms with E-state index in [-0.39, 0.29) is 18.4 Å². The average molecular weight is 423 g/mol. The van der Waals surface area contributed by atoms with Crippen molar-refractivity contribution >= 4 is 35.1 Å². The highest BCUT2D eigenvalue weighted by molar-refractivity contribution is 6.31. The van der Waals surface area contributed by atoms with Crippen molar-refractivity contribution in [2.75, 3.05) is 11.9 Å². The summed E-state index contributed by atoms with van der Waals surface area (Å²) in [6, 6.07) is 5.05. The van der Waals surface area contributed by atoms with E-state index >= 15 is 0 Å². The fraction of sp³-hybridized carbons (Fsp3) is 0.571. The number of carboxylic acids is 1. The maximum atomic E-state index is 12.7. The zero-order valence-electron chi connectivity index (χ0n) is 16.9. The Balaban J connectivity index is 1.68. The highest BCUT2D eigenvalue weighted by atomic mass is 35.5. The number of hydrogen-bond acceptors (Lipinski definition) is 4. The Kier molecular flexibility index (Phi) is 6.19. The first-order valence-electron chi connectivity index (χ1n) is 9.85. The first-order valence-corrected chi connectivity index (χ1v) is 10.2. The molecule has 1 aromatic carbocycles. The third kappa shape index (κ3) is 4.73. The number of rotatable bonds is 5. The Bertz CT molecular complexity index is 825. The molecule has 0 radical (unpaired) electrons. The average Bonchev–Trinajstić information content (AvgIpc) is 2.90. The van der Waals surface area contributed by atoms with Crippen LogP contribution in [0.5, 0.6) is 0 Å². The van der Waals surface area contributed by atoms with Gasteiger partial charge in [0.2, 0.25) is 5.91 Å². The SMILES string of the molecule is CC1CCC(C(=O)O)C(C(=O)Nc2ccc(CN3OCC(C)(C)C3=O)c(Cl)c2)C1. The van der Waals surface area contributed by atoms with Crippen LogP contribution in [0.2, 0.25) is 5.02 Å². The molecule has 7 nitrogen and oxygen atoms in total. The number of amides is 2. The molecule has 3 unspecified atom stereocenters. The second-order valence-electron chi connectivity index (χ2n) is 8.76. The van der Waals surface area contributed by atoms with Crippen molar-refractivity contribution in [3.63, 3.8) is 0 Å². The fourth-order valence-electron chi connectivity index (χ4n) is 3.92. The number of hydroxylamine groups is 2. The summed E-state index contributed by atoms with van der Waals surface area (Å²) < 4.78 is 0. The van der Waals surface area contributed by atoms with Crippen molar-refractivity contribution in [2.45, 2.75) is 46.6 Å². The number of carboxylic acid groups (broad SMARTS) is 1. The van der Waals surface area contributed by atoms with Gasteiger partial charge in [0, 0.05) is 10.7 Å². The summed E-state index contributed by atoms with van der Waals surface area (Å²) >= 11 is 6.36. The Morgan fingerprint density at radius 3 is 2.62 bits per heavy atom. The Hall–Kier alpha value is -2.12. The van der Waals surface area contributed by atoms with E-state index in [0.717, 1.165) is 6.42 Å². The number of carbonyl (C=O) groups excluding carboxylic acids is 2. The number of hydrogen-bond donors (Lipinski definition) is 2. The van der Waals surface area contributed by atoms with Gasteiger partial charge in [-0.05, 0) is 56.7 Å². The maximum Gasteiger partial charge on any atom is 0.307 e. The van der Waals surface area contributed by atoms with Crippen LogP contribution in [0, 0.1) is 23.2 Å². The molecule has 1 saturated carbocycles. The van der Waals surface area contributed by atoms with Crippen molar-refractivity contribution in [3.8, 4) is 0 Å². The molecule has 1 heterocycles. The molecular weight excluding hydrogens is 396 g/mol. The summed E-state index contributed by atoms with van der Waals surface area (Å²) in [5.41, 5.74) is 0.642. The van der Waals surface area contributed by atoms with Gasteiger partial charge < -0.3 is 10.4 Å². The summed E-state index contributed by atoms with van der Waals surface area (Å²) in [6.45, 7) is 6.23. The lowest BCUT2D eigenvalue weighted by Crippen LogP contribution is -2.38. The number of halogens is 1. The van der Waals surface area contributed by atoms with E-state index in [1.165, 1.54) is 5.06 Å². The van der Waals surface area contributed by atoms with Crippen LogP contribution in [-0.4, -0.2) is 34.6 Å². The highest BCUT2D eigenvalue weighted by Crippen LogP contribution is 2.35. The molecule has 2 N–H and O–H groups in total. The fourth-order valence-corrected chi connectivity index (χ4v) is 4.16. The Morgan fingerprint density at radius 1 is 1.31 bits per heavy atom. The van der Waals surface area contributed by atoms with E-state index in [2.05, 4.69) is 5.32 Å². The van der Waals surface area contributed by atoms with Crippen LogP contribution in [0.3, 0.4) is 0 Å². The van der Waals surface area contributed by atoms with Crippen LogP contribution in [0.4, 0.5) is 5.69 Å². The lowest BCUT2D eigenvalue weighted by atomic mass is 9.74. The molecule has 29 heavy (non-hydrogen) atoms. The van der Waals surface area contributed by atoms with Crippen LogP contribution < -0.4 is 5.32 Å². The van der Waals surface area contributed by atoms with Gasteiger partial charge in [-0.3, -0.25) is 19.2 Å². The monoisotopic (exact) mass is 422 g/mol. The standard InChI is InChI=1S/C21H27ClN2O5/c1-12-4-7-15(19(26)27)16(8-12)18(25)23-14-6-5-13(17(22)9-14)10-24-20(28)21(2,3)11-29-24/h5-6,9,12,15-16H,4,7-8,10-11H2,1-3H3,(H,23,25)(H,26,27). The lowest BCUT2D eigenvalue weighted by molar-refractivity contribution is -0.165. The third-order valence-corrected chi connectivity index (χ3v) is 6.14. The quantitative estimate of drug-likeness (QED) is 0.753. The van der Waals surface area contributed by atoms with Gasteiger partial charge in [-0.1, -0.05) is 24.6 Å². The molecule has 0 aromatic heterocycles. The molecule has 0 bridgehead atoms. The molecule has 2 fully saturated rings. The van der Waals surface area contributed by atoms with E-state index in [4.69, 9.17) is 16.4 Å². The van der Waals surface area contributed by atoms with Gasteiger partial charge >= 0.3 is 5.97 Å². The normalized spacial score (nSPS) is 26.4. The second kappa shape index (κ2) is 8.32. The first-order chi connectivity index (χ1) is 13.6. The molecule has 158 valence electrons. The topological polar surface area (TPSA) is 95.9 Å². The van der Waals surface area contributed by atoms with Crippen LogP contribution in [-0.2, 0) is 25.8 Å². The summed E-state index contributed by atoms with van der Waals surface area (Å²) in [4.78, 5) is 42.0. The van der Waals surface area contributed by atoms with Crippen LogP contribution in [0.1, 0.15) is 45.6 Å². The predicted octanol–water partition coefficient (Wildman–Crippen LogP) is 3.72. The van der Waals surface area contributed by atoms with Crippen LogP contribution in [0.25, 0.3) is 0 Å². The van der Waals surface area contributed by atoms with Crippen LogP contribution >= 0.6 is 11.6 Å². The van der Waals surface area contributed by atoms with Gasteiger partial charge in [-0.2, -0.15) is 0 Å². The molecule has 2 amide bonds. The number of benzene rings is 1. The largest absolute Gasteiger partial charge is 0.481 e. The molecule has 1 aromatic rings. The minimum Gasteiger partial charge on any atom is -0.481 e. The summed E-state index contributed by atoms with van der Waals surface area (Å²) in [7, 11) is 0. The maximum absolute atomic E-state index is 12.7. The summed E-state index contributed by atoms with van der Waals surface area (Å²) in [5.74, 6) is -2.24. The van der Waals surface area contributed by atoms with E-state index in [0.29, 0.717) is 41.6 Å². The van der Waals surface area contributed by atoms with Gasteiger partial charge in [-0.25, -0.2) is 5.06 Å². The van der Waals surface area contributed by atoms with Gasteiger partial charge in [0.05, 0.1) is 30.4 Å². The van der Waals surface area contributed by atoms with Crippen LogP contribution in [0.15, 0.2) is 18.2 Å². The molecular formula is C21H27ClN2O5. The van der Waals surface area contributed by atoms with E-state index in [1.807, 2.05) is 20.8 Å². The van der Waals surface area contributed by atoms with Gasteiger partial charge in [0.1, 0.15) is 0 Å². The van der Waals surface area contributed by atoms with Gasteiger partial charge in [0.25, 0.3) is 5.91 Å². The van der Waals surface area contributed by atoms with Crippen molar-refractivity contribution in [3.05, 3.63) is 28.8 Å². The van der Waals surface area contributed by atoms with Gasteiger partial charge in [0.15, 0.2) is 0 Å². The molecule has 3 atom stereocenters. The molecule has 1 saturated heterocycles.